The van der Waals surface area contributed by atoms with Crippen LogP contribution >= 0.6 is 0 Å². The molecular formula is C13H21NO2S. The summed E-state index contributed by atoms with van der Waals surface area (Å²) >= 11 is 0. The van der Waals surface area contributed by atoms with Crippen molar-refractivity contribution in [1.82, 2.24) is 0 Å². The zero-order valence-corrected chi connectivity index (χ0v) is 11.5. The topological polar surface area (TPSA) is 60.2 Å². The van der Waals surface area contributed by atoms with Crippen molar-refractivity contribution in [1.29, 1.82) is 0 Å². The molecule has 1 aromatic rings. The standard InChI is InChI=1S/C13H21NO2S/c1-4-5-13(14)11-6-8-12(9-7-11)17(15,16)10(2)3/h6-10,13H,4-5,14H2,1-3H3. The predicted octanol–water partition coefficient (Wildman–Crippen LogP) is 2.67. The van der Waals surface area contributed by atoms with E-state index in [9.17, 15) is 8.42 Å². The lowest BCUT2D eigenvalue weighted by molar-refractivity contribution is 0.587. The molecule has 0 bridgehead atoms. The van der Waals surface area contributed by atoms with Gasteiger partial charge in [-0.25, -0.2) is 8.42 Å². The minimum Gasteiger partial charge on any atom is -0.324 e. The van der Waals surface area contributed by atoms with E-state index in [4.69, 9.17) is 5.73 Å². The number of benzene rings is 1. The van der Waals surface area contributed by atoms with Gasteiger partial charge in [0.25, 0.3) is 0 Å². The molecule has 0 saturated heterocycles. The largest absolute Gasteiger partial charge is 0.324 e. The van der Waals surface area contributed by atoms with Gasteiger partial charge in [0.05, 0.1) is 10.1 Å². The van der Waals surface area contributed by atoms with E-state index in [-0.39, 0.29) is 6.04 Å². The van der Waals surface area contributed by atoms with E-state index in [1.165, 1.54) is 0 Å². The molecule has 0 fully saturated rings. The molecule has 1 unspecified atom stereocenters. The molecule has 0 spiro atoms. The van der Waals surface area contributed by atoms with Gasteiger partial charge in [-0.2, -0.15) is 0 Å². The Bertz CT molecular complexity index is 449. The first-order valence-corrected chi connectivity index (χ1v) is 7.53. The van der Waals surface area contributed by atoms with Crippen molar-refractivity contribution in [3.63, 3.8) is 0 Å². The lowest BCUT2D eigenvalue weighted by Crippen LogP contribution is -2.14. The molecule has 96 valence electrons. The summed E-state index contributed by atoms with van der Waals surface area (Å²) in [6, 6.07) is 6.93. The maximum absolute atomic E-state index is 11.9. The molecule has 1 rings (SSSR count). The number of rotatable bonds is 5. The molecule has 2 N–H and O–H groups in total. The average molecular weight is 255 g/mol. The summed E-state index contributed by atoms with van der Waals surface area (Å²) in [5.41, 5.74) is 6.97. The van der Waals surface area contributed by atoms with Crippen molar-refractivity contribution in [3.05, 3.63) is 29.8 Å². The second-order valence-electron chi connectivity index (χ2n) is 4.56. The van der Waals surface area contributed by atoms with Gasteiger partial charge >= 0.3 is 0 Å². The van der Waals surface area contributed by atoms with Gasteiger partial charge < -0.3 is 5.73 Å². The van der Waals surface area contributed by atoms with Crippen LogP contribution in [0.5, 0.6) is 0 Å². The molecule has 1 atom stereocenters. The van der Waals surface area contributed by atoms with Gasteiger partial charge in [0.2, 0.25) is 0 Å². The van der Waals surface area contributed by atoms with Crippen molar-refractivity contribution in [2.75, 3.05) is 0 Å². The number of hydrogen-bond acceptors (Lipinski definition) is 3. The lowest BCUT2D eigenvalue weighted by Gasteiger charge is -2.12. The first kappa shape index (κ1) is 14.2. The van der Waals surface area contributed by atoms with Crippen molar-refractivity contribution in [2.45, 2.75) is 49.8 Å². The summed E-state index contributed by atoms with van der Waals surface area (Å²) in [5.74, 6) is 0. The summed E-state index contributed by atoms with van der Waals surface area (Å²) in [4.78, 5) is 0.375. The molecule has 0 amide bonds. The maximum atomic E-state index is 11.9. The summed E-state index contributed by atoms with van der Waals surface area (Å²) < 4.78 is 23.8. The fourth-order valence-corrected chi connectivity index (χ4v) is 2.71. The Balaban J connectivity index is 2.96. The molecular weight excluding hydrogens is 234 g/mol. The smallest absolute Gasteiger partial charge is 0.180 e. The Hall–Kier alpha value is -0.870. The van der Waals surface area contributed by atoms with Crippen molar-refractivity contribution < 1.29 is 8.42 Å². The van der Waals surface area contributed by atoms with E-state index in [2.05, 4.69) is 6.92 Å². The molecule has 1 aromatic carbocycles. The van der Waals surface area contributed by atoms with Gasteiger partial charge in [0.15, 0.2) is 9.84 Å². The minimum atomic E-state index is -3.17. The molecule has 17 heavy (non-hydrogen) atoms. The van der Waals surface area contributed by atoms with Crippen LogP contribution in [0.1, 0.15) is 45.2 Å². The van der Waals surface area contributed by atoms with Crippen LogP contribution in [0.2, 0.25) is 0 Å². The molecule has 0 aromatic heterocycles. The normalized spacial score (nSPS) is 13.9. The third-order valence-electron chi connectivity index (χ3n) is 2.86. The summed E-state index contributed by atoms with van der Waals surface area (Å²) in [7, 11) is -3.17. The molecule has 0 aliphatic rings. The van der Waals surface area contributed by atoms with Crippen LogP contribution in [-0.2, 0) is 9.84 Å². The van der Waals surface area contributed by atoms with Gasteiger partial charge in [0, 0.05) is 6.04 Å². The van der Waals surface area contributed by atoms with Crippen LogP contribution in [0.3, 0.4) is 0 Å². The molecule has 0 heterocycles. The Morgan fingerprint density at radius 3 is 2.12 bits per heavy atom. The SMILES string of the molecule is CCCC(N)c1ccc(S(=O)(=O)C(C)C)cc1. The first-order valence-electron chi connectivity index (χ1n) is 5.99. The van der Waals surface area contributed by atoms with E-state index in [0.717, 1.165) is 18.4 Å². The van der Waals surface area contributed by atoms with E-state index < -0.39 is 15.1 Å². The van der Waals surface area contributed by atoms with Crippen LogP contribution in [0.15, 0.2) is 29.2 Å². The first-order chi connectivity index (χ1) is 7.89. The predicted molar refractivity (Wildman–Crippen MR) is 70.6 cm³/mol. The second kappa shape index (κ2) is 5.65. The summed E-state index contributed by atoms with van der Waals surface area (Å²) in [5, 5.41) is -0.391. The number of hydrogen-bond donors (Lipinski definition) is 1. The molecule has 0 aliphatic carbocycles. The lowest BCUT2D eigenvalue weighted by atomic mass is 10.0. The van der Waals surface area contributed by atoms with Crippen LogP contribution in [0.25, 0.3) is 0 Å². The number of sulfone groups is 1. The van der Waals surface area contributed by atoms with Gasteiger partial charge in [-0.15, -0.1) is 0 Å². The zero-order chi connectivity index (χ0) is 13.1. The van der Waals surface area contributed by atoms with Gasteiger partial charge in [-0.05, 0) is 38.0 Å². The third kappa shape index (κ3) is 3.30. The van der Waals surface area contributed by atoms with E-state index in [0.29, 0.717) is 4.90 Å². The van der Waals surface area contributed by atoms with Crippen molar-refractivity contribution in [2.24, 2.45) is 5.73 Å². The average Bonchev–Trinajstić information content (AvgIpc) is 2.29. The van der Waals surface area contributed by atoms with Crippen LogP contribution < -0.4 is 5.73 Å². The fraction of sp³-hybridized carbons (Fsp3) is 0.538. The van der Waals surface area contributed by atoms with Crippen LogP contribution in [0.4, 0.5) is 0 Å². The van der Waals surface area contributed by atoms with Gasteiger partial charge in [0.1, 0.15) is 0 Å². The quantitative estimate of drug-likeness (QED) is 0.880. The monoisotopic (exact) mass is 255 g/mol. The second-order valence-corrected chi connectivity index (χ2v) is 7.06. The Kier molecular flexibility index (Phi) is 4.71. The van der Waals surface area contributed by atoms with Crippen LogP contribution in [0, 0.1) is 0 Å². The molecule has 4 heteroatoms. The minimum absolute atomic E-state index is 0.00389. The highest BCUT2D eigenvalue weighted by Gasteiger charge is 2.19. The van der Waals surface area contributed by atoms with Crippen molar-refractivity contribution >= 4 is 9.84 Å². The highest BCUT2D eigenvalue weighted by atomic mass is 32.2. The van der Waals surface area contributed by atoms with E-state index >= 15 is 0 Å². The number of nitrogens with two attached hydrogens (primary N) is 1. The summed E-state index contributed by atoms with van der Waals surface area (Å²) in [6.45, 7) is 5.45. The van der Waals surface area contributed by atoms with E-state index in [1.807, 2.05) is 12.1 Å². The Morgan fingerprint density at radius 2 is 1.71 bits per heavy atom. The third-order valence-corrected chi connectivity index (χ3v) is 5.03. The zero-order valence-electron chi connectivity index (χ0n) is 10.7. The van der Waals surface area contributed by atoms with Crippen molar-refractivity contribution in [3.8, 4) is 0 Å². The highest BCUT2D eigenvalue weighted by molar-refractivity contribution is 7.92. The highest BCUT2D eigenvalue weighted by Crippen LogP contribution is 2.20. The van der Waals surface area contributed by atoms with Crippen LogP contribution in [-0.4, -0.2) is 13.7 Å². The fourth-order valence-electron chi connectivity index (χ4n) is 1.65. The van der Waals surface area contributed by atoms with E-state index in [1.54, 1.807) is 26.0 Å². The van der Waals surface area contributed by atoms with Gasteiger partial charge in [-0.3, -0.25) is 0 Å². The molecule has 0 saturated carbocycles. The summed E-state index contributed by atoms with van der Waals surface area (Å²) in [6.07, 6.45) is 1.93. The Morgan fingerprint density at radius 1 is 1.18 bits per heavy atom. The Labute approximate surface area is 104 Å². The maximum Gasteiger partial charge on any atom is 0.180 e. The molecule has 3 nitrogen and oxygen atoms in total. The molecule has 0 radical (unpaired) electrons. The molecule has 0 aliphatic heterocycles. The van der Waals surface area contributed by atoms with Gasteiger partial charge in [-0.1, -0.05) is 25.5 Å².